The first-order valence-corrected chi connectivity index (χ1v) is 6.28. The van der Waals surface area contributed by atoms with Gasteiger partial charge in [-0.2, -0.15) is 5.10 Å². The van der Waals surface area contributed by atoms with E-state index in [1.54, 1.807) is 0 Å². The van der Waals surface area contributed by atoms with Gasteiger partial charge in [0, 0.05) is 13.0 Å². The molecular formula is C13H20N2O. The van der Waals surface area contributed by atoms with Crippen molar-refractivity contribution in [2.45, 2.75) is 58.9 Å². The molecule has 16 heavy (non-hydrogen) atoms. The smallest absolute Gasteiger partial charge is 0.166 e. The molecule has 0 saturated heterocycles. The van der Waals surface area contributed by atoms with E-state index >= 15 is 0 Å². The normalized spacial score (nSPS) is 15.6. The molecule has 1 aromatic rings. The summed E-state index contributed by atoms with van der Waals surface area (Å²) >= 11 is 0. The third-order valence-corrected chi connectivity index (χ3v) is 3.14. The van der Waals surface area contributed by atoms with Crippen molar-refractivity contribution < 1.29 is 4.79 Å². The summed E-state index contributed by atoms with van der Waals surface area (Å²) in [4.78, 5) is 12.0. The largest absolute Gasteiger partial charge is 0.294 e. The van der Waals surface area contributed by atoms with Gasteiger partial charge in [0.05, 0.1) is 17.0 Å². The van der Waals surface area contributed by atoms with E-state index in [1.807, 2.05) is 0 Å². The second-order valence-electron chi connectivity index (χ2n) is 4.86. The van der Waals surface area contributed by atoms with E-state index in [1.165, 1.54) is 0 Å². The molecule has 3 nitrogen and oxygen atoms in total. The van der Waals surface area contributed by atoms with Crippen LogP contribution in [0.5, 0.6) is 0 Å². The lowest BCUT2D eigenvalue weighted by Crippen LogP contribution is -2.12. The van der Waals surface area contributed by atoms with Gasteiger partial charge in [-0.1, -0.05) is 20.8 Å². The van der Waals surface area contributed by atoms with E-state index in [0.29, 0.717) is 18.1 Å². The Hall–Kier alpha value is -1.12. The van der Waals surface area contributed by atoms with Crippen molar-refractivity contribution in [1.82, 2.24) is 9.78 Å². The van der Waals surface area contributed by atoms with Gasteiger partial charge in [0.15, 0.2) is 5.78 Å². The second-order valence-corrected chi connectivity index (χ2v) is 4.86. The number of carbonyl (C=O) groups is 1. The first-order valence-electron chi connectivity index (χ1n) is 6.28. The average molecular weight is 220 g/mol. The molecule has 0 spiro atoms. The second kappa shape index (κ2) is 4.40. The Morgan fingerprint density at radius 1 is 1.38 bits per heavy atom. The van der Waals surface area contributed by atoms with Crippen LogP contribution in [-0.2, 0) is 13.0 Å². The number of Topliss-reactive ketones (excluding diaryl/α,β-unsaturated/α-hetero) is 1. The zero-order chi connectivity index (χ0) is 11.7. The lowest BCUT2D eigenvalue weighted by atomic mass is 9.91. The number of rotatable bonds is 3. The standard InChI is InChI=1S/C13H20N2O/c1-4-8-15-13(9(2)3)12-10(14-15)6-5-7-11(12)16/h9H,4-8H2,1-3H3. The highest BCUT2D eigenvalue weighted by Crippen LogP contribution is 2.29. The van der Waals surface area contributed by atoms with Crippen LogP contribution in [0.1, 0.15) is 67.7 Å². The topological polar surface area (TPSA) is 34.9 Å². The number of ketones is 1. The maximum Gasteiger partial charge on any atom is 0.166 e. The van der Waals surface area contributed by atoms with Gasteiger partial charge in [0.1, 0.15) is 0 Å². The van der Waals surface area contributed by atoms with Crippen LogP contribution >= 0.6 is 0 Å². The summed E-state index contributed by atoms with van der Waals surface area (Å²) in [6.07, 6.45) is 3.70. The Labute approximate surface area is 96.8 Å². The highest BCUT2D eigenvalue weighted by molar-refractivity contribution is 5.99. The van der Waals surface area contributed by atoms with Crippen molar-refractivity contribution in [3.8, 4) is 0 Å². The Morgan fingerprint density at radius 2 is 2.12 bits per heavy atom. The molecule has 2 rings (SSSR count). The molecular weight excluding hydrogens is 200 g/mol. The first kappa shape index (κ1) is 11.4. The predicted molar refractivity (Wildman–Crippen MR) is 63.9 cm³/mol. The van der Waals surface area contributed by atoms with Crippen molar-refractivity contribution in [3.05, 3.63) is 17.0 Å². The molecule has 1 aliphatic carbocycles. The Bertz CT molecular complexity index is 404. The van der Waals surface area contributed by atoms with Crippen molar-refractivity contribution in [3.63, 3.8) is 0 Å². The Kier molecular flexibility index (Phi) is 3.13. The van der Waals surface area contributed by atoms with Crippen LogP contribution < -0.4 is 0 Å². The van der Waals surface area contributed by atoms with Crippen LogP contribution in [0.4, 0.5) is 0 Å². The number of hydrogen-bond acceptors (Lipinski definition) is 2. The molecule has 0 atom stereocenters. The van der Waals surface area contributed by atoms with Crippen LogP contribution in [0, 0.1) is 0 Å². The fraction of sp³-hybridized carbons (Fsp3) is 0.692. The van der Waals surface area contributed by atoms with Crippen molar-refractivity contribution in [2.75, 3.05) is 0 Å². The van der Waals surface area contributed by atoms with Crippen molar-refractivity contribution >= 4 is 5.78 Å². The van der Waals surface area contributed by atoms with Crippen LogP contribution in [0.25, 0.3) is 0 Å². The van der Waals surface area contributed by atoms with Gasteiger partial charge in [-0.3, -0.25) is 9.48 Å². The summed E-state index contributed by atoms with van der Waals surface area (Å²) in [5, 5.41) is 4.61. The molecule has 0 unspecified atom stereocenters. The SMILES string of the molecule is CCCn1nc2c(c1C(C)C)C(=O)CCC2. The maximum absolute atomic E-state index is 12.0. The first-order chi connectivity index (χ1) is 7.65. The molecule has 0 saturated carbocycles. The van der Waals surface area contributed by atoms with Gasteiger partial charge in [-0.15, -0.1) is 0 Å². The number of fused-ring (bicyclic) bond motifs is 1. The number of carbonyl (C=O) groups excluding carboxylic acids is 1. The van der Waals surface area contributed by atoms with Crippen LogP contribution in [0.3, 0.4) is 0 Å². The summed E-state index contributed by atoms with van der Waals surface area (Å²) in [5.74, 6) is 0.678. The fourth-order valence-electron chi connectivity index (χ4n) is 2.52. The van der Waals surface area contributed by atoms with Gasteiger partial charge < -0.3 is 0 Å². The highest BCUT2D eigenvalue weighted by Gasteiger charge is 2.27. The third kappa shape index (κ3) is 1.79. The summed E-state index contributed by atoms with van der Waals surface area (Å²) in [7, 11) is 0. The molecule has 0 N–H and O–H groups in total. The summed E-state index contributed by atoms with van der Waals surface area (Å²) in [5.41, 5.74) is 3.13. The number of hydrogen-bond donors (Lipinski definition) is 0. The molecule has 1 heterocycles. The third-order valence-electron chi connectivity index (χ3n) is 3.14. The molecule has 0 aromatic carbocycles. The number of nitrogens with zero attached hydrogens (tertiary/aromatic N) is 2. The van der Waals surface area contributed by atoms with Crippen molar-refractivity contribution in [1.29, 1.82) is 0 Å². The fourth-order valence-corrected chi connectivity index (χ4v) is 2.52. The van der Waals surface area contributed by atoms with Crippen molar-refractivity contribution in [2.24, 2.45) is 0 Å². The van der Waals surface area contributed by atoms with Gasteiger partial charge in [-0.05, 0) is 25.2 Å². The molecule has 0 radical (unpaired) electrons. The quantitative estimate of drug-likeness (QED) is 0.785. The van der Waals surface area contributed by atoms with E-state index in [4.69, 9.17) is 0 Å². The summed E-state index contributed by atoms with van der Waals surface area (Å²) in [6.45, 7) is 7.36. The Balaban J connectivity index is 2.52. The summed E-state index contributed by atoms with van der Waals surface area (Å²) < 4.78 is 2.05. The lowest BCUT2D eigenvalue weighted by molar-refractivity contribution is 0.0971. The highest BCUT2D eigenvalue weighted by atomic mass is 16.1. The monoisotopic (exact) mass is 220 g/mol. The zero-order valence-corrected chi connectivity index (χ0v) is 10.4. The molecule has 0 aliphatic heterocycles. The minimum atomic E-state index is 0.298. The minimum Gasteiger partial charge on any atom is -0.294 e. The molecule has 3 heteroatoms. The van der Waals surface area contributed by atoms with E-state index < -0.39 is 0 Å². The van der Waals surface area contributed by atoms with E-state index in [2.05, 4.69) is 30.6 Å². The maximum atomic E-state index is 12.0. The minimum absolute atomic E-state index is 0.298. The van der Waals surface area contributed by atoms with Crippen LogP contribution in [0.2, 0.25) is 0 Å². The Morgan fingerprint density at radius 3 is 2.75 bits per heavy atom. The van der Waals surface area contributed by atoms with Gasteiger partial charge in [0.2, 0.25) is 0 Å². The molecule has 1 aliphatic rings. The number of aromatic nitrogens is 2. The molecule has 0 amide bonds. The summed E-state index contributed by atoms with van der Waals surface area (Å²) in [6, 6.07) is 0. The van der Waals surface area contributed by atoms with Crippen LogP contribution in [0.15, 0.2) is 0 Å². The van der Waals surface area contributed by atoms with E-state index in [0.717, 1.165) is 42.8 Å². The van der Waals surface area contributed by atoms with Gasteiger partial charge in [0.25, 0.3) is 0 Å². The van der Waals surface area contributed by atoms with Crippen LogP contribution in [-0.4, -0.2) is 15.6 Å². The number of aryl methyl sites for hydroxylation is 2. The van der Waals surface area contributed by atoms with Gasteiger partial charge >= 0.3 is 0 Å². The molecule has 0 fully saturated rings. The average Bonchev–Trinajstić information content (AvgIpc) is 2.58. The zero-order valence-electron chi connectivity index (χ0n) is 10.4. The molecule has 88 valence electrons. The lowest BCUT2D eigenvalue weighted by Gasteiger charge is -2.13. The van der Waals surface area contributed by atoms with Gasteiger partial charge in [-0.25, -0.2) is 0 Å². The predicted octanol–water partition coefficient (Wildman–Crippen LogP) is 2.94. The van der Waals surface area contributed by atoms with E-state index in [-0.39, 0.29) is 0 Å². The molecule has 1 aromatic heterocycles. The van der Waals surface area contributed by atoms with E-state index in [9.17, 15) is 4.79 Å². The molecule has 0 bridgehead atoms.